The van der Waals surface area contributed by atoms with Gasteiger partial charge in [-0.25, -0.2) is 5.84 Å². The lowest BCUT2D eigenvalue weighted by Crippen LogP contribution is -2.32. The van der Waals surface area contributed by atoms with E-state index in [0.29, 0.717) is 18.8 Å². The van der Waals surface area contributed by atoms with Crippen LogP contribution in [0.3, 0.4) is 0 Å². The summed E-state index contributed by atoms with van der Waals surface area (Å²) in [7, 11) is 0. The molecule has 4 nitrogen and oxygen atoms in total. The monoisotopic (exact) mass is 174 g/mol. The molecular formula is C8H18N2O2. The Morgan fingerprint density at radius 2 is 2.17 bits per heavy atom. The van der Waals surface area contributed by atoms with Gasteiger partial charge in [-0.1, -0.05) is 13.8 Å². The van der Waals surface area contributed by atoms with Gasteiger partial charge in [0.2, 0.25) is 5.91 Å². The first-order valence-corrected chi connectivity index (χ1v) is 4.22. The van der Waals surface area contributed by atoms with Crippen molar-refractivity contribution in [3.63, 3.8) is 0 Å². The normalized spacial score (nSPS) is 13.1. The number of rotatable bonds is 5. The van der Waals surface area contributed by atoms with Crippen LogP contribution < -0.4 is 11.3 Å². The van der Waals surface area contributed by atoms with Crippen LogP contribution in [0, 0.1) is 11.8 Å². The van der Waals surface area contributed by atoms with Crippen LogP contribution in [0.25, 0.3) is 0 Å². The van der Waals surface area contributed by atoms with Crippen molar-refractivity contribution in [1.82, 2.24) is 5.43 Å². The van der Waals surface area contributed by atoms with E-state index in [1.807, 2.05) is 13.8 Å². The maximum Gasteiger partial charge on any atom is 0.234 e. The van der Waals surface area contributed by atoms with Crippen LogP contribution in [0.15, 0.2) is 0 Å². The smallest absolute Gasteiger partial charge is 0.234 e. The number of hydrogen-bond donors (Lipinski definition) is 3. The second kappa shape index (κ2) is 5.97. The first-order valence-electron chi connectivity index (χ1n) is 4.22. The van der Waals surface area contributed by atoms with Crippen LogP contribution in [0.4, 0.5) is 0 Å². The number of hydrogen-bond acceptors (Lipinski definition) is 3. The van der Waals surface area contributed by atoms with Gasteiger partial charge in [0.1, 0.15) is 0 Å². The van der Waals surface area contributed by atoms with E-state index in [1.165, 1.54) is 0 Å². The van der Waals surface area contributed by atoms with E-state index in [9.17, 15) is 4.79 Å². The molecule has 0 aliphatic carbocycles. The van der Waals surface area contributed by atoms with Gasteiger partial charge in [-0.05, 0) is 18.3 Å². The maximum absolute atomic E-state index is 10.9. The van der Waals surface area contributed by atoms with E-state index < -0.39 is 0 Å². The third-order valence-electron chi connectivity index (χ3n) is 2.05. The van der Waals surface area contributed by atoms with Crippen LogP contribution in [0.1, 0.15) is 26.7 Å². The molecule has 1 unspecified atom stereocenters. The Hall–Kier alpha value is -0.610. The molecule has 0 aromatic heterocycles. The fourth-order valence-electron chi connectivity index (χ4n) is 1.13. The fourth-order valence-corrected chi connectivity index (χ4v) is 1.13. The molecule has 1 atom stereocenters. The van der Waals surface area contributed by atoms with Gasteiger partial charge in [0, 0.05) is 13.0 Å². The van der Waals surface area contributed by atoms with Crippen molar-refractivity contribution >= 4 is 5.91 Å². The molecule has 0 radical (unpaired) electrons. The van der Waals surface area contributed by atoms with Gasteiger partial charge in [0.15, 0.2) is 0 Å². The van der Waals surface area contributed by atoms with E-state index >= 15 is 0 Å². The number of hydrazine groups is 1. The summed E-state index contributed by atoms with van der Waals surface area (Å²) in [5.41, 5.74) is 2.09. The van der Waals surface area contributed by atoms with E-state index in [4.69, 9.17) is 10.9 Å². The van der Waals surface area contributed by atoms with Gasteiger partial charge in [-0.3, -0.25) is 10.2 Å². The summed E-state index contributed by atoms with van der Waals surface area (Å²) in [6.07, 6.45) is 1.06. The summed E-state index contributed by atoms with van der Waals surface area (Å²) < 4.78 is 0. The molecule has 1 amide bonds. The topological polar surface area (TPSA) is 75.3 Å². The van der Waals surface area contributed by atoms with Crippen LogP contribution in [0.2, 0.25) is 0 Å². The molecular weight excluding hydrogens is 156 g/mol. The molecule has 0 saturated carbocycles. The van der Waals surface area contributed by atoms with Crippen molar-refractivity contribution in [3.8, 4) is 0 Å². The van der Waals surface area contributed by atoms with Crippen LogP contribution in [0.5, 0.6) is 0 Å². The number of aliphatic hydroxyl groups excluding tert-OH is 1. The van der Waals surface area contributed by atoms with E-state index in [1.54, 1.807) is 0 Å². The fraction of sp³-hybridized carbons (Fsp3) is 0.875. The highest BCUT2D eigenvalue weighted by atomic mass is 16.3. The Morgan fingerprint density at radius 3 is 2.50 bits per heavy atom. The molecule has 0 aromatic carbocycles. The van der Waals surface area contributed by atoms with Crippen molar-refractivity contribution in [2.24, 2.45) is 17.7 Å². The lowest BCUT2D eigenvalue weighted by atomic mass is 9.89. The Morgan fingerprint density at radius 1 is 1.58 bits per heavy atom. The molecule has 4 N–H and O–H groups in total. The zero-order valence-corrected chi connectivity index (χ0v) is 7.71. The van der Waals surface area contributed by atoms with Gasteiger partial charge in [0.25, 0.3) is 0 Å². The van der Waals surface area contributed by atoms with E-state index in [0.717, 1.165) is 0 Å². The number of aliphatic hydroxyl groups is 1. The molecule has 0 rings (SSSR count). The number of carbonyl (C=O) groups excluding carboxylic acids is 1. The standard InChI is InChI=1S/C8H18N2O2/c1-6(2)7(3-4-11)5-8(12)10-9/h6-7,11H,3-5,9H2,1-2H3,(H,10,12). The van der Waals surface area contributed by atoms with E-state index in [-0.39, 0.29) is 18.4 Å². The first-order chi connectivity index (χ1) is 5.61. The number of nitrogens with two attached hydrogens (primary N) is 1. The molecule has 0 aliphatic heterocycles. The molecule has 0 fully saturated rings. The minimum absolute atomic E-state index is 0.126. The van der Waals surface area contributed by atoms with Crippen molar-refractivity contribution in [1.29, 1.82) is 0 Å². The van der Waals surface area contributed by atoms with Crippen molar-refractivity contribution in [3.05, 3.63) is 0 Å². The van der Waals surface area contributed by atoms with Gasteiger partial charge in [0.05, 0.1) is 0 Å². The summed E-state index contributed by atoms with van der Waals surface area (Å²) in [6.45, 7) is 4.19. The van der Waals surface area contributed by atoms with Crippen LogP contribution in [-0.2, 0) is 4.79 Å². The number of amides is 1. The summed E-state index contributed by atoms with van der Waals surface area (Å²) in [4.78, 5) is 10.9. The highest BCUT2D eigenvalue weighted by Crippen LogP contribution is 2.18. The van der Waals surface area contributed by atoms with E-state index in [2.05, 4.69) is 5.43 Å². The van der Waals surface area contributed by atoms with Crippen LogP contribution in [-0.4, -0.2) is 17.6 Å². The molecule has 0 bridgehead atoms. The second-order valence-corrected chi connectivity index (χ2v) is 3.29. The Bertz CT molecular complexity index is 137. The summed E-state index contributed by atoms with van der Waals surface area (Å²) in [6, 6.07) is 0. The van der Waals surface area contributed by atoms with Crippen molar-refractivity contribution < 1.29 is 9.90 Å². The van der Waals surface area contributed by atoms with Gasteiger partial charge < -0.3 is 5.11 Å². The third-order valence-corrected chi connectivity index (χ3v) is 2.05. The lowest BCUT2D eigenvalue weighted by molar-refractivity contribution is -0.122. The molecule has 0 aromatic rings. The summed E-state index contributed by atoms with van der Waals surface area (Å²) in [5.74, 6) is 5.41. The number of nitrogens with one attached hydrogen (secondary N) is 1. The van der Waals surface area contributed by atoms with Gasteiger partial charge in [-0.2, -0.15) is 0 Å². The average molecular weight is 174 g/mol. The zero-order valence-electron chi connectivity index (χ0n) is 7.71. The predicted octanol–water partition coefficient (Wildman–Crippen LogP) is 0.0210. The molecule has 0 spiro atoms. The largest absolute Gasteiger partial charge is 0.396 e. The molecule has 4 heteroatoms. The molecule has 72 valence electrons. The Labute approximate surface area is 73.1 Å². The number of carbonyl (C=O) groups is 1. The average Bonchev–Trinajstić information content (AvgIpc) is 2.03. The second-order valence-electron chi connectivity index (χ2n) is 3.29. The van der Waals surface area contributed by atoms with Gasteiger partial charge in [-0.15, -0.1) is 0 Å². The Kier molecular flexibility index (Phi) is 5.66. The van der Waals surface area contributed by atoms with Crippen molar-refractivity contribution in [2.75, 3.05) is 6.61 Å². The predicted molar refractivity (Wildman–Crippen MR) is 47.0 cm³/mol. The van der Waals surface area contributed by atoms with Crippen molar-refractivity contribution in [2.45, 2.75) is 26.7 Å². The lowest BCUT2D eigenvalue weighted by Gasteiger charge is -2.18. The maximum atomic E-state index is 10.9. The van der Waals surface area contributed by atoms with Gasteiger partial charge >= 0.3 is 0 Å². The molecule has 0 saturated heterocycles. The molecule has 0 heterocycles. The third kappa shape index (κ3) is 4.31. The highest BCUT2D eigenvalue weighted by molar-refractivity contribution is 5.75. The SMILES string of the molecule is CC(C)C(CCO)CC(=O)NN. The van der Waals surface area contributed by atoms with Crippen LogP contribution >= 0.6 is 0 Å². The first kappa shape index (κ1) is 11.4. The minimum atomic E-state index is -0.165. The quantitative estimate of drug-likeness (QED) is 0.312. The Balaban J connectivity index is 3.86. The molecule has 0 aliphatic rings. The minimum Gasteiger partial charge on any atom is -0.396 e. The summed E-state index contributed by atoms with van der Waals surface area (Å²) >= 11 is 0. The molecule has 12 heavy (non-hydrogen) atoms. The summed E-state index contributed by atoms with van der Waals surface area (Å²) in [5, 5.41) is 8.71. The highest BCUT2D eigenvalue weighted by Gasteiger charge is 2.15. The zero-order chi connectivity index (χ0) is 9.56.